The van der Waals surface area contributed by atoms with Gasteiger partial charge in [0.2, 0.25) is 5.91 Å². The predicted octanol–water partition coefficient (Wildman–Crippen LogP) is 5.38. The van der Waals surface area contributed by atoms with Crippen molar-refractivity contribution in [3.05, 3.63) is 94.0 Å². The number of carbonyl (C=O) groups is 2. The number of amides is 2. The maximum Gasteiger partial charge on any atom is 0.259 e. The number of hydrogen-bond acceptors (Lipinski definition) is 4. The standard InChI is InChI=1S/C28H28BrN3O3/c1-20-18-22(29)19-25(27(20)35-2)28(34)30-23-9-11-24(12-10-23)31-14-16-32(17-15-31)26(33)13-8-21-6-4-3-5-7-21/h3-13,18-19H,14-17H2,1-2H3,(H,30,34)/b13-8+. The minimum atomic E-state index is -0.227. The van der Waals surface area contributed by atoms with E-state index in [9.17, 15) is 9.59 Å². The van der Waals surface area contributed by atoms with Crippen molar-refractivity contribution in [3.8, 4) is 5.75 Å². The van der Waals surface area contributed by atoms with Crippen molar-refractivity contribution < 1.29 is 14.3 Å². The second-order valence-electron chi connectivity index (χ2n) is 8.36. The zero-order valence-corrected chi connectivity index (χ0v) is 21.4. The van der Waals surface area contributed by atoms with Crippen LogP contribution >= 0.6 is 15.9 Å². The van der Waals surface area contributed by atoms with Gasteiger partial charge in [-0.3, -0.25) is 9.59 Å². The summed E-state index contributed by atoms with van der Waals surface area (Å²) in [5.41, 5.74) is 4.14. The Morgan fingerprint density at radius 3 is 2.31 bits per heavy atom. The molecule has 0 spiro atoms. The van der Waals surface area contributed by atoms with Crippen LogP contribution in [0.1, 0.15) is 21.5 Å². The van der Waals surface area contributed by atoms with E-state index >= 15 is 0 Å². The maximum atomic E-state index is 12.9. The van der Waals surface area contributed by atoms with Crippen LogP contribution < -0.4 is 15.0 Å². The molecule has 0 aromatic heterocycles. The summed E-state index contributed by atoms with van der Waals surface area (Å²) in [5.74, 6) is 0.368. The topological polar surface area (TPSA) is 61.9 Å². The molecule has 1 saturated heterocycles. The monoisotopic (exact) mass is 533 g/mol. The number of anilines is 2. The number of rotatable bonds is 6. The largest absolute Gasteiger partial charge is 0.496 e. The van der Waals surface area contributed by atoms with Gasteiger partial charge < -0.3 is 19.9 Å². The average molecular weight is 534 g/mol. The Kier molecular flexibility index (Phi) is 7.87. The molecule has 1 aliphatic rings. The Morgan fingerprint density at radius 1 is 0.971 bits per heavy atom. The molecule has 0 saturated carbocycles. The van der Waals surface area contributed by atoms with Crippen molar-refractivity contribution in [1.29, 1.82) is 0 Å². The second-order valence-corrected chi connectivity index (χ2v) is 9.28. The highest BCUT2D eigenvalue weighted by atomic mass is 79.9. The van der Waals surface area contributed by atoms with Crippen molar-refractivity contribution in [2.75, 3.05) is 43.5 Å². The Balaban J connectivity index is 1.33. The SMILES string of the molecule is COc1c(C)cc(Br)cc1C(=O)Nc1ccc(N2CCN(C(=O)/C=C/c3ccccc3)CC2)cc1. The Labute approximate surface area is 214 Å². The fourth-order valence-electron chi connectivity index (χ4n) is 4.15. The molecule has 1 aliphatic heterocycles. The minimum absolute atomic E-state index is 0.0322. The fourth-order valence-corrected chi connectivity index (χ4v) is 4.72. The summed E-state index contributed by atoms with van der Waals surface area (Å²) >= 11 is 3.45. The lowest BCUT2D eigenvalue weighted by atomic mass is 10.1. The molecule has 0 unspecified atom stereocenters. The Bertz CT molecular complexity index is 1220. The highest BCUT2D eigenvalue weighted by Gasteiger charge is 2.20. The van der Waals surface area contributed by atoms with E-state index in [1.807, 2.05) is 78.6 Å². The van der Waals surface area contributed by atoms with Gasteiger partial charge in [-0.05, 0) is 60.5 Å². The fraction of sp³-hybridized carbons (Fsp3) is 0.214. The van der Waals surface area contributed by atoms with Gasteiger partial charge in [0.05, 0.1) is 12.7 Å². The van der Waals surface area contributed by atoms with Crippen molar-refractivity contribution in [2.24, 2.45) is 0 Å². The number of methoxy groups -OCH3 is 1. The highest BCUT2D eigenvalue weighted by Crippen LogP contribution is 2.29. The van der Waals surface area contributed by atoms with Gasteiger partial charge in [-0.15, -0.1) is 0 Å². The number of benzene rings is 3. The van der Waals surface area contributed by atoms with E-state index in [2.05, 4.69) is 26.1 Å². The van der Waals surface area contributed by atoms with E-state index in [-0.39, 0.29) is 11.8 Å². The lowest BCUT2D eigenvalue weighted by Gasteiger charge is -2.35. The van der Waals surface area contributed by atoms with Crippen molar-refractivity contribution in [3.63, 3.8) is 0 Å². The molecule has 1 heterocycles. The molecule has 1 fully saturated rings. The summed E-state index contributed by atoms with van der Waals surface area (Å²) in [6.45, 7) is 4.75. The lowest BCUT2D eigenvalue weighted by Crippen LogP contribution is -2.48. The van der Waals surface area contributed by atoms with Crippen LogP contribution in [0.25, 0.3) is 6.08 Å². The molecule has 4 rings (SSSR count). The minimum Gasteiger partial charge on any atom is -0.496 e. The van der Waals surface area contributed by atoms with Crippen LogP contribution in [0, 0.1) is 6.92 Å². The molecule has 2 amide bonds. The zero-order chi connectivity index (χ0) is 24.8. The third-order valence-corrected chi connectivity index (χ3v) is 6.45. The number of ether oxygens (including phenoxy) is 1. The number of halogens is 1. The maximum absolute atomic E-state index is 12.9. The number of nitrogens with zero attached hydrogens (tertiary/aromatic N) is 2. The predicted molar refractivity (Wildman–Crippen MR) is 144 cm³/mol. The van der Waals surface area contributed by atoms with E-state index < -0.39 is 0 Å². The van der Waals surface area contributed by atoms with Crippen LogP contribution in [0.3, 0.4) is 0 Å². The van der Waals surface area contributed by atoms with Gasteiger partial charge >= 0.3 is 0 Å². The Hall–Kier alpha value is -3.58. The van der Waals surface area contributed by atoms with Gasteiger partial charge in [0.15, 0.2) is 0 Å². The summed E-state index contributed by atoms with van der Waals surface area (Å²) < 4.78 is 6.25. The van der Waals surface area contributed by atoms with Crippen LogP contribution in [0.4, 0.5) is 11.4 Å². The lowest BCUT2D eigenvalue weighted by molar-refractivity contribution is -0.126. The molecular formula is C28H28BrN3O3. The number of nitrogens with one attached hydrogen (secondary N) is 1. The molecule has 0 radical (unpaired) electrons. The molecule has 7 heteroatoms. The number of aryl methyl sites for hydroxylation is 1. The van der Waals surface area contributed by atoms with Crippen LogP contribution in [0.2, 0.25) is 0 Å². The van der Waals surface area contributed by atoms with E-state index in [0.29, 0.717) is 30.1 Å². The van der Waals surface area contributed by atoms with Gasteiger partial charge in [-0.25, -0.2) is 0 Å². The first-order chi connectivity index (χ1) is 16.9. The van der Waals surface area contributed by atoms with Gasteiger partial charge in [-0.2, -0.15) is 0 Å². The quantitative estimate of drug-likeness (QED) is 0.432. The van der Waals surface area contributed by atoms with Crippen LogP contribution in [-0.2, 0) is 4.79 Å². The smallest absolute Gasteiger partial charge is 0.259 e. The molecule has 1 N–H and O–H groups in total. The van der Waals surface area contributed by atoms with Crippen molar-refractivity contribution in [2.45, 2.75) is 6.92 Å². The summed E-state index contributed by atoms with van der Waals surface area (Å²) in [4.78, 5) is 29.5. The van der Waals surface area contributed by atoms with Crippen molar-refractivity contribution in [1.82, 2.24) is 4.90 Å². The molecular weight excluding hydrogens is 506 g/mol. The average Bonchev–Trinajstić information content (AvgIpc) is 2.88. The summed E-state index contributed by atoms with van der Waals surface area (Å²) in [6, 6.07) is 21.3. The molecule has 0 bridgehead atoms. The molecule has 35 heavy (non-hydrogen) atoms. The van der Waals surface area contributed by atoms with Gasteiger partial charge in [0.1, 0.15) is 5.75 Å². The molecule has 3 aromatic carbocycles. The molecule has 6 nitrogen and oxygen atoms in total. The van der Waals surface area contributed by atoms with E-state index in [1.54, 1.807) is 19.3 Å². The number of carbonyl (C=O) groups excluding carboxylic acids is 2. The van der Waals surface area contributed by atoms with Crippen LogP contribution in [0.15, 0.2) is 77.3 Å². The summed E-state index contributed by atoms with van der Waals surface area (Å²) in [6.07, 6.45) is 3.50. The first-order valence-electron chi connectivity index (χ1n) is 11.5. The van der Waals surface area contributed by atoms with Crippen LogP contribution in [-0.4, -0.2) is 50.0 Å². The molecule has 0 atom stereocenters. The summed E-state index contributed by atoms with van der Waals surface area (Å²) in [7, 11) is 1.56. The van der Waals surface area contributed by atoms with E-state index in [0.717, 1.165) is 34.4 Å². The molecule has 180 valence electrons. The Morgan fingerprint density at radius 2 is 1.66 bits per heavy atom. The normalized spacial score (nSPS) is 13.7. The first-order valence-corrected chi connectivity index (χ1v) is 12.3. The van der Waals surface area contributed by atoms with Crippen LogP contribution in [0.5, 0.6) is 5.75 Å². The zero-order valence-electron chi connectivity index (χ0n) is 19.8. The van der Waals surface area contributed by atoms with Gasteiger partial charge in [0, 0.05) is 48.1 Å². The van der Waals surface area contributed by atoms with Gasteiger partial charge in [-0.1, -0.05) is 46.3 Å². The second kappa shape index (κ2) is 11.2. The van der Waals surface area contributed by atoms with Crippen molar-refractivity contribution >= 4 is 45.2 Å². The highest BCUT2D eigenvalue weighted by molar-refractivity contribution is 9.10. The number of piperazine rings is 1. The third kappa shape index (κ3) is 6.11. The molecule has 3 aromatic rings. The number of hydrogen-bond donors (Lipinski definition) is 1. The third-order valence-electron chi connectivity index (χ3n) is 5.99. The summed E-state index contributed by atoms with van der Waals surface area (Å²) in [5, 5.41) is 2.95. The van der Waals surface area contributed by atoms with E-state index in [4.69, 9.17) is 4.74 Å². The van der Waals surface area contributed by atoms with Gasteiger partial charge in [0.25, 0.3) is 5.91 Å². The van der Waals surface area contributed by atoms with E-state index in [1.165, 1.54) is 0 Å². The first kappa shape index (κ1) is 24.5. The molecule has 0 aliphatic carbocycles.